The predicted octanol–water partition coefficient (Wildman–Crippen LogP) is 5.13. The van der Waals surface area contributed by atoms with Crippen LogP contribution in [0.1, 0.15) is 43.7 Å². The number of nitrogens with one attached hydrogen (secondary N) is 2. The van der Waals surface area contributed by atoms with Gasteiger partial charge in [0.2, 0.25) is 5.91 Å². The number of rotatable bonds is 7. The Kier molecular flexibility index (Phi) is 9.45. The third kappa shape index (κ3) is 7.23. The van der Waals surface area contributed by atoms with Crippen molar-refractivity contribution in [3.8, 4) is 5.75 Å². The van der Waals surface area contributed by atoms with Gasteiger partial charge in [-0.2, -0.15) is 0 Å². The van der Waals surface area contributed by atoms with Gasteiger partial charge in [0.05, 0.1) is 7.14 Å². The van der Waals surface area contributed by atoms with Gasteiger partial charge >= 0.3 is 6.09 Å². The lowest BCUT2D eigenvalue weighted by Crippen LogP contribution is -2.52. The van der Waals surface area contributed by atoms with E-state index in [4.69, 9.17) is 4.74 Å². The monoisotopic (exact) mass is 662 g/mol. The second-order valence-corrected chi connectivity index (χ2v) is 10.6. The minimum Gasteiger partial charge on any atom is -0.506 e. The summed E-state index contributed by atoms with van der Waals surface area (Å²) < 4.78 is 6.76. The van der Waals surface area contributed by atoms with Crippen LogP contribution < -0.4 is 10.6 Å². The molecule has 0 aliphatic heterocycles. The van der Waals surface area contributed by atoms with Gasteiger partial charge in [-0.25, -0.2) is 4.79 Å². The standard InChI is InChI=1S/C24H28I2N2O4/c1-15-7-5-6-10-20(15)27-23(30)21(13-17-11-18(25)22(29)19(26)12-17)28-24(31)32-14-16-8-3-2-4-9-16/h2-4,8-9,11-12,15,20-21,29H,5-7,10,13-14H2,1H3,(H,27,30)(H,28,31)/t15-,20+,21+/m1/s1. The fourth-order valence-electron chi connectivity index (χ4n) is 3.90. The Morgan fingerprint density at radius 2 is 1.75 bits per heavy atom. The van der Waals surface area contributed by atoms with Gasteiger partial charge in [-0.1, -0.05) is 50.1 Å². The first-order valence-corrected chi connectivity index (χ1v) is 12.9. The summed E-state index contributed by atoms with van der Waals surface area (Å²) in [6.45, 7) is 2.29. The number of carbonyl (C=O) groups excluding carboxylic acids is 2. The van der Waals surface area contributed by atoms with E-state index in [1.165, 1.54) is 6.42 Å². The molecule has 1 aliphatic rings. The molecule has 172 valence electrons. The molecule has 3 atom stereocenters. The van der Waals surface area contributed by atoms with Crippen molar-refractivity contribution in [3.05, 3.63) is 60.7 Å². The van der Waals surface area contributed by atoms with E-state index in [9.17, 15) is 14.7 Å². The van der Waals surface area contributed by atoms with Crippen LogP contribution in [0, 0.1) is 13.1 Å². The number of hydrogen-bond donors (Lipinski definition) is 3. The molecule has 0 spiro atoms. The van der Waals surface area contributed by atoms with Gasteiger partial charge in [-0.15, -0.1) is 0 Å². The third-order valence-electron chi connectivity index (χ3n) is 5.78. The zero-order chi connectivity index (χ0) is 23.1. The molecule has 32 heavy (non-hydrogen) atoms. The second kappa shape index (κ2) is 12.1. The molecule has 6 nitrogen and oxygen atoms in total. The van der Waals surface area contributed by atoms with E-state index >= 15 is 0 Å². The molecule has 0 saturated heterocycles. The number of amides is 2. The highest BCUT2D eigenvalue weighted by Crippen LogP contribution is 2.28. The molecule has 2 aromatic carbocycles. The normalized spacial score (nSPS) is 19.1. The number of hydrogen-bond acceptors (Lipinski definition) is 4. The van der Waals surface area contributed by atoms with Gasteiger partial charge in [-0.3, -0.25) is 4.79 Å². The van der Waals surface area contributed by atoms with E-state index in [-0.39, 0.29) is 24.3 Å². The molecule has 0 aromatic heterocycles. The Labute approximate surface area is 216 Å². The molecule has 0 radical (unpaired) electrons. The molecule has 3 rings (SSSR count). The number of carbonyl (C=O) groups is 2. The quantitative estimate of drug-likeness (QED) is 0.359. The maximum absolute atomic E-state index is 13.2. The lowest BCUT2D eigenvalue weighted by atomic mass is 9.85. The fraction of sp³-hybridized carbons (Fsp3) is 0.417. The van der Waals surface area contributed by atoms with Crippen LogP contribution in [0.4, 0.5) is 4.79 Å². The van der Waals surface area contributed by atoms with Crippen molar-refractivity contribution in [1.82, 2.24) is 10.6 Å². The van der Waals surface area contributed by atoms with Crippen molar-refractivity contribution >= 4 is 57.2 Å². The summed E-state index contributed by atoms with van der Waals surface area (Å²) >= 11 is 4.13. The van der Waals surface area contributed by atoms with E-state index < -0.39 is 12.1 Å². The number of ether oxygens (including phenoxy) is 1. The van der Waals surface area contributed by atoms with Gasteiger partial charge < -0.3 is 20.5 Å². The highest BCUT2D eigenvalue weighted by atomic mass is 127. The Morgan fingerprint density at radius 3 is 2.41 bits per heavy atom. The zero-order valence-electron chi connectivity index (χ0n) is 17.9. The zero-order valence-corrected chi connectivity index (χ0v) is 22.3. The van der Waals surface area contributed by atoms with Gasteiger partial charge in [0.1, 0.15) is 18.4 Å². The molecule has 1 fully saturated rings. The lowest BCUT2D eigenvalue weighted by Gasteiger charge is -2.31. The van der Waals surface area contributed by atoms with Crippen LogP contribution in [0.15, 0.2) is 42.5 Å². The first-order valence-electron chi connectivity index (χ1n) is 10.8. The van der Waals surface area contributed by atoms with Crippen LogP contribution in [0.3, 0.4) is 0 Å². The molecule has 1 aliphatic carbocycles. The average molecular weight is 662 g/mol. The molecule has 0 unspecified atom stereocenters. The van der Waals surface area contributed by atoms with Crippen LogP contribution in [-0.2, 0) is 22.6 Å². The molecule has 2 amide bonds. The molecule has 1 saturated carbocycles. The largest absolute Gasteiger partial charge is 0.506 e. The summed E-state index contributed by atoms with van der Waals surface area (Å²) in [7, 11) is 0. The van der Waals surface area contributed by atoms with Crippen LogP contribution in [0.5, 0.6) is 5.75 Å². The molecule has 3 N–H and O–H groups in total. The summed E-state index contributed by atoms with van der Waals surface area (Å²) in [5.74, 6) is 0.426. The van der Waals surface area contributed by atoms with Gasteiger partial charge in [0.25, 0.3) is 0 Å². The van der Waals surface area contributed by atoms with E-state index in [0.29, 0.717) is 19.5 Å². The third-order valence-corrected chi connectivity index (χ3v) is 7.42. The van der Waals surface area contributed by atoms with Gasteiger partial charge in [-0.05, 0) is 87.2 Å². The number of benzene rings is 2. The van der Waals surface area contributed by atoms with Crippen LogP contribution in [0.2, 0.25) is 0 Å². The Bertz CT molecular complexity index is 916. The molecular formula is C24H28I2N2O4. The highest BCUT2D eigenvalue weighted by Gasteiger charge is 2.28. The van der Waals surface area contributed by atoms with Crippen molar-refractivity contribution in [2.24, 2.45) is 5.92 Å². The smallest absolute Gasteiger partial charge is 0.408 e. The highest BCUT2D eigenvalue weighted by molar-refractivity contribution is 14.1. The van der Waals surface area contributed by atoms with Crippen molar-refractivity contribution in [3.63, 3.8) is 0 Å². The topological polar surface area (TPSA) is 87.7 Å². The Balaban J connectivity index is 1.70. The molecule has 8 heteroatoms. The van der Waals surface area contributed by atoms with Crippen molar-refractivity contribution in [1.29, 1.82) is 0 Å². The summed E-state index contributed by atoms with van der Waals surface area (Å²) in [6, 6.07) is 12.4. The summed E-state index contributed by atoms with van der Waals surface area (Å²) in [5.41, 5.74) is 1.74. The van der Waals surface area contributed by atoms with Crippen LogP contribution in [-0.4, -0.2) is 29.2 Å². The SMILES string of the molecule is C[C@@H]1CCCC[C@@H]1NC(=O)[C@H](Cc1cc(I)c(O)c(I)c1)NC(=O)OCc1ccccc1. The van der Waals surface area contributed by atoms with Crippen LogP contribution >= 0.6 is 45.2 Å². The summed E-state index contributed by atoms with van der Waals surface area (Å²) in [6.07, 6.45) is 4.00. The maximum Gasteiger partial charge on any atom is 0.408 e. The summed E-state index contributed by atoms with van der Waals surface area (Å²) in [4.78, 5) is 25.7. The molecule has 0 heterocycles. The summed E-state index contributed by atoms with van der Waals surface area (Å²) in [5, 5.41) is 16.0. The minimum atomic E-state index is -0.774. The number of aromatic hydroxyl groups is 1. The van der Waals surface area contributed by atoms with Crippen molar-refractivity contribution in [2.75, 3.05) is 0 Å². The Hall–Kier alpha value is -1.56. The molecular weight excluding hydrogens is 634 g/mol. The van der Waals surface area contributed by atoms with Crippen molar-refractivity contribution < 1.29 is 19.4 Å². The van der Waals surface area contributed by atoms with Gasteiger partial charge in [0.15, 0.2) is 0 Å². The predicted molar refractivity (Wildman–Crippen MR) is 140 cm³/mol. The number of halogens is 2. The fourth-order valence-corrected chi connectivity index (χ4v) is 5.80. The van der Waals surface area contributed by atoms with E-state index in [2.05, 4.69) is 62.7 Å². The van der Waals surface area contributed by atoms with Gasteiger partial charge in [0, 0.05) is 12.5 Å². The maximum atomic E-state index is 13.2. The van der Waals surface area contributed by atoms with Crippen molar-refractivity contribution in [2.45, 2.75) is 57.7 Å². The molecule has 0 bridgehead atoms. The average Bonchev–Trinajstić information content (AvgIpc) is 2.78. The number of alkyl carbamates (subject to hydrolysis) is 1. The lowest BCUT2D eigenvalue weighted by molar-refractivity contribution is -0.124. The van der Waals surface area contributed by atoms with Crippen LogP contribution in [0.25, 0.3) is 0 Å². The van der Waals surface area contributed by atoms with E-state index in [0.717, 1.165) is 30.4 Å². The number of phenols is 1. The van der Waals surface area contributed by atoms with E-state index in [1.807, 2.05) is 42.5 Å². The van der Waals surface area contributed by atoms with E-state index in [1.54, 1.807) is 0 Å². The Morgan fingerprint density at radius 1 is 1.09 bits per heavy atom. The number of phenolic OH excluding ortho intramolecular Hbond substituents is 1. The first kappa shape index (κ1) is 25.1. The molecule has 2 aromatic rings. The first-order chi connectivity index (χ1) is 15.3. The second-order valence-electron chi connectivity index (χ2n) is 8.25. The minimum absolute atomic E-state index is 0.112.